The number of carbonyl (C=O) groups excluding carboxylic acids is 3. The highest BCUT2D eigenvalue weighted by Crippen LogP contribution is 2.19. The van der Waals surface area contributed by atoms with Crippen LogP contribution in [0, 0.1) is 5.92 Å². The molecule has 1 saturated heterocycles. The molecule has 0 saturated carbocycles. The molecule has 1 fully saturated rings. The summed E-state index contributed by atoms with van der Waals surface area (Å²) in [5.41, 5.74) is 0. The summed E-state index contributed by atoms with van der Waals surface area (Å²) in [6, 6.07) is 0. The molecule has 0 aromatic heterocycles. The van der Waals surface area contributed by atoms with Crippen molar-refractivity contribution in [2.75, 3.05) is 45.9 Å². The summed E-state index contributed by atoms with van der Waals surface area (Å²) in [6.07, 6.45) is 47.0. The molecule has 1 heterocycles. The SMILES string of the molecule is CC.CC(=O)CCCCCN1CCCC1.CCCCCCCCC(CCCCCC)OC(=O)CCCCCCCOC=O.CCCCCCCCCCCC(C)CC.CCCCN(CCC)CCC(=O)O. The van der Waals surface area contributed by atoms with Crippen LogP contribution in [0.1, 0.15) is 320 Å². The average molecular weight is 1010 g/mol. The van der Waals surface area contributed by atoms with Gasteiger partial charge in [-0.15, -0.1) is 0 Å². The van der Waals surface area contributed by atoms with Gasteiger partial charge in [-0.2, -0.15) is 0 Å². The topological polar surface area (TPSA) is 113 Å². The lowest BCUT2D eigenvalue weighted by molar-refractivity contribution is -0.150. The number of unbranched alkanes of at least 4 members (excludes halogenated alkanes) is 23. The van der Waals surface area contributed by atoms with Crippen molar-refractivity contribution in [1.82, 2.24) is 9.80 Å². The maximum Gasteiger partial charge on any atom is 0.306 e. The lowest BCUT2D eigenvalue weighted by Gasteiger charge is -2.20. The fraction of sp³-hybridized carbons (Fsp3) is 0.935. The van der Waals surface area contributed by atoms with Gasteiger partial charge in [0.1, 0.15) is 11.9 Å². The maximum absolute atomic E-state index is 12.2. The fourth-order valence-electron chi connectivity index (χ4n) is 8.68. The number of Topliss-reactive ketones (excluding diaryl/α,β-unsaturated/α-hetero) is 1. The molecular formula is C62H126N2O7. The smallest absolute Gasteiger partial charge is 0.306 e. The third kappa shape index (κ3) is 68.0. The van der Waals surface area contributed by atoms with E-state index in [1.54, 1.807) is 6.92 Å². The summed E-state index contributed by atoms with van der Waals surface area (Å²) in [5, 5.41) is 8.53. The van der Waals surface area contributed by atoms with Crippen molar-refractivity contribution >= 4 is 24.2 Å². The first-order chi connectivity index (χ1) is 34.5. The number of likely N-dealkylation sites (tertiary alicyclic amines) is 1. The van der Waals surface area contributed by atoms with Crippen molar-refractivity contribution in [2.24, 2.45) is 5.92 Å². The van der Waals surface area contributed by atoms with Gasteiger partial charge in [0.2, 0.25) is 0 Å². The molecule has 0 spiro atoms. The van der Waals surface area contributed by atoms with Crippen LogP contribution < -0.4 is 0 Å². The summed E-state index contributed by atoms with van der Waals surface area (Å²) in [7, 11) is 0. The molecule has 9 nitrogen and oxygen atoms in total. The van der Waals surface area contributed by atoms with Gasteiger partial charge in [0, 0.05) is 19.4 Å². The molecule has 0 aliphatic carbocycles. The summed E-state index contributed by atoms with van der Waals surface area (Å²) in [5.74, 6) is 0.573. The largest absolute Gasteiger partial charge is 0.481 e. The second-order valence-electron chi connectivity index (χ2n) is 20.5. The highest BCUT2D eigenvalue weighted by Gasteiger charge is 2.14. The highest BCUT2D eigenvalue weighted by atomic mass is 16.5. The van der Waals surface area contributed by atoms with Crippen LogP contribution in [-0.2, 0) is 28.7 Å². The third-order valence-electron chi connectivity index (χ3n) is 13.5. The van der Waals surface area contributed by atoms with Crippen LogP contribution in [0.25, 0.3) is 0 Å². The number of carbonyl (C=O) groups is 4. The van der Waals surface area contributed by atoms with Gasteiger partial charge < -0.3 is 29.2 Å². The molecule has 2 unspecified atom stereocenters. The van der Waals surface area contributed by atoms with E-state index in [9.17, 15) is 19.2 Å². The summed E-state index contributed by atoms with van der Waals surface area (Å²) in [6.45, 7) is 29.0. The minimum Gasteiger partial charge on any atom is -0.481 e. The second kappa shape index (κ2) is 66.0. The predicted molar refractivity (Wildman–Crippen MR) is 308 cm³/mol. The van der Waals surface area contributed by atoms with Crippen LogP contribution in [0.15, 0.2) is 0 Å². The zero-order valence-electron chi connectivity index (χ0n) is 49.6. The van der Waals surface area contributed by atoms with Crippen LogP contribution in [0.5, 0.6) is 0 Å². The van der Waals surface area contributed by atoms with Crippen LogP contribution >= 0.6 is 0 Å². The molecule has 1 aliphatic rings. The molecule has 426 valence electrons. The number of hydrogen-bond donors (Lipinski definition) is 1. The van der Waals surface area contributed by atoms with Gasteiger partial charge in [-0.3, -0.25) is 14.4 Å². The van der Waals surface area contributed by atoms with Gasteiger partial charge >= 0.3 is 11.9 Å². The number of nitrogens with zero attached hydrogens (tertiary/aromatic N) is 2. The maximum atomic E-state index is 12.2. The highest BCUT2D eigenvalue weighted by molar-refractivity contribution is 5.75. The van der Waals surface area contributed by atoms with E-state index < -0.39 is 5.97 Å². The van der Waals surface area contributed by atoms with Crippen molar-refractivity contribution in [3.8, 4) is 0 Å². The van der Waals surface area contributed by atoms with Gasteiger partial charge in [-0.05, 0) is 123 Å². The minimum absolute atomic E-state index is 0.0178. The first-order valence-corrected chi connectivity index (χ1v) is 30.9. The Balaban J connectivity index is -0.000000443. The monoisotopic (exact) mass is 1010 g/mol. The first-order valence-electron chi connectivity index (χ1n) is 30.9. The summed E-state index contributed by atoms with van der Waals surface area (Å²) >= 11 is 0. The van der Waals surface area contributed by atoms with E-state index in [-0.39, 0.29) is 18.5 Å². The van der Waals surface area contributed by atoms with Crippen LogP contribution in [0.3, 0.4) is 0 Å². The van der Waals surface area contributed by atoms with E-state index in [2.05, 4.69) is 63.0 Å². The Morgan fingerprint density at radius 2 is 0.986 bits per heavy atom. The predicted octanol–water partition coefficient (Wildman–Crippen LogP) is 18.3. The number of carboxylic acid groups (broad SMARTS) is 1. The van der Waals surface area contributed by atoms with Gasteiger partial charge in [0.25, 0.3) is 6.47 Å². The van der Waals surface area contributed by atoms with E-state index in [0.29, 0.717) is 31.8 Å². The lowest BCUT2D eigenvalue weighted by Crippen LogP contribution is -2.28. The Labute approximate surface area is 443 Å². The Morgan fingerprint density at radius 3 is 1.46 bits per heavy atom. The Bertz CT molecular complexity index is 1050. The van der Waals surface area contributed by atoms with Crippen LogP contribution in [0.2, 0.25) is 0 Å². The standard InChI is InChI=1S/C24H46O4.C15H32.C11H21NO.C10H21NO2.C2H6/c1-3-5-7-9-11-15-19-23(18-14-8-6-4-2)28-24(26)20-16-12-10-13-17-21-27-22-25;1-4-6-7-8-9-10-11-12-13-14-15(3)5-2;1-11(13)7-3-2-4-8-12-9-5-6-10-12;1-3-5-8-11(7-4-2)9-6-10(12)13;1-2/h22-23H,3-21H2,1-2H3;15H,4-14H2,1-3H3;2-10H2,1H3;3-9H2,1-2H3,(H,12,13);1-2H3. The molecule has 0 aromatic rings. The molecule has 71 heavy (non-hydrogen) atoms. The van der Waals surface area contributed by atoms with E-state index in [1.807, 2.05) is 13.8 Å². The van der Waals surface area contributed by atoms with Crippen molar-refractivity contribution < 1.29 is 33.8 Å². The van der Waals surface area contributed by atoms with Crippen LogP contribution in [-0.4, -0.2) is 91.1 Å². The van der Waals surface area contributed by atoms with Crippen molar-refractivity contribution in [1.29, 1.82) is 0 Å². The number of esters is 1. The number of rotatable bonds is 47. The van der Waals surface area contributed by atoms with Crippen molar-refractivity contribution in [3.63, 3.8) is 0 Å². The fourth-order valence-corrected chi connectivity index (χ4v) is 8.68. The number of hydrogen-bond acceptors (Lipinski definition) is 8. The molecule has 1 N–H and O–H groups in total. The number of aliphatic carboxylic acids is 1. The van der Waals surface area contributed by atoms with Gasteiger partial charge in [-0.25, -0.2) is 0 Å². The van der Waals surface area contributed by atoms with E-state index in [1.165, 1.54) is 193 Å². The van der Waals surface area contributed by atoms with Crippen molar-refractivity contribution in [3.05, 3.63) is 0 Å². The quantitative estimate of drug-likeness (QED) is 0.0362. The zero-order valence-corrected chi connectivity index (χ0v) is 49.6. The molecule has 9 heteroatoms. The number of carboxylic acids is 1. The average Bonchev–Trinajstić information content (AvgIpc) is 3.89. The third-order valence-corrected chi connectivity index (χ3v) is 13.5. The normalized spacial score (nSPS) is 12.8. The molecular weight excluding hydrogens is 885 g/mol. The first kappa shape index (κ1) is 75.5. The Kier molecular flexibility index (Phi) is 70.2. The van der Waals surface area contributed by atoms with E-state index >= 15 is 0 Å². The van der Waals surface area contributed by atoms with Gasteiger partial charge in [0.05, 0.1) is 13.0 Å². The molecule has 1 rings (SSSR count). The van der Waals surface area contributed by atoms with E-state index in [0.717, 1.165) is 83.2 Å². The molecule has 0 bridgehead atoms. The zero-order chi connectivity index (χ0) is 53.7. The van der Waals surface area contributed by atoms with E-state index in [4.69, 9.17) is 9.84 Å². The molecule has 2 atom stereocenters. The Hall–Kier alpha value is -2.00. The van der Waals surface area contributed by atoms with Crippen LogP contribution in [0.4, 0.5) is 0 Å². The minimum atomic E-state index is -0.697. The molecule has 0 aromatic carbocycles. The van der Waals surface area contributed by atoms with Gasteiger partial charge in [-0.1, -0.05) is 216 Å². The molecule has 1 aliphatic heterocycles. The lowest BCUT2D eigenvalue weighted by atomic mass is 9.99. The summed E-state index contributed by atoms with van der Waals surface area (Å²) < 4.78 is 10.5. The number of ether oxygens (including phenoxy) is 2. The summed E-state index contributed by atoms with van der Waals surface area (Å²) in [4.78, 5) is 48.0. The Morgan fingerprint density at radius 1 is 0.535 bits per heavy atom. The molecule has 0 radical (unpaired) electrons. The number of ketones is 1. The van der Waals surface area contributed by atoms with Crippen molar-refractivity contribution in [2.45, 2.75) is 326 Å². The van der Waals surface area contributed by atoms with Gasteiger partial charge in [0.15, 0.2) is 0 Å². The molecule has 0 amide bonds. The second-order valence-corrected chi connectivity index (χ2v) is 20.5.